The molecule has 36 heavy (non-hydrogen) atoms. The number of aromatic nitrogens is 1. The SMILES string of the molecule is Cc1ccc2nc(NC(=O)C(Cc3ccccc3)NS(=O)(=O)c3ccc4c(c3)CCC(=O)N4)sc2c1. The van der Waals surface area contributed by atoms with Crippen LogP contribution in [0.15, 0.2) is 71.6 Å². The standard InChI is InChI=1S/C26H24N4O4S2/c1-16-7-10-21-23(13-16)35-26(28-21)29-25(32)22(14-17-5-3-2-4-6-17)30-36(33,34)19-9-11-20-18(15-19)8-12-24(31)27-20/h2-7,9-11,13,15,22,30H,8,12,14H2,1H3,(H,27,31)(H,28,29,32). The number of nitrogens with one attached hydrogen (secondary N) is 3. The van der Waals surface area contributed by atoms with Gasteiger partial charge in [0, 0.05) is 12.1 Å². The Bertz CT molecular complexity index is 1570. The largest absolute Gasteiger partial charge is 0.326 e. The van der Waals surface area contributed by atoms with E-state index in [1.807, 2.05) is 55.5 Å². The number of nitrogens with zero attached hydrogens (tertiary/aromatic N) is 1. The molecule has 0 saturated carbocycles. The number of fused-ring (bicyclic) bond motifs is 2. The van der Waals surface area contributed by atoms with Gasteiger partial charge < -0.3 is 10.6 Å². The zero-order chi connectivity index (χ0) is 25.3. The molecule has 0 radical (unpaired) electrons. The molecule has 2 amide bonds. The van der Waals surface area contributed by atoms with Crippen LogP contribution >= 0.6 is 11.3 Å². The summed E-state index contributed by atoms with van der Waals surface area (Å²) in [5, 5.41) is 5.95. The van der Waals surface area contributed by atoms with Crippen LogP contribution in [0, 0.1) is 6.92 Å². The van der Waals surface area contributed by atoms with Crippen molar-refractivity contribution in [3.63, 3.8) is 0 Å². The number of carbonyl (C=O) groups is 2. The third-order valence-electron chi connectivity index (χ3n) is 5.95. The minimum Gasteiger partial charge on any atom is -0.326 e. The monoisotopic (exact) mass is 520 g/mol. The van der Waals surface area contributed by atoms with Gasteiger partial charge in [-0.1, -0.05) is 47.7 Å². The molecular weight excluding hydrogens is 496 g/mol. The van der Waals surface area contributed by atoms with Crippen molar-refractivity contribution < 1.29 is 18.0 Å². The van der Waals surface area contributed by atoms with Crippen LogP contribution in [0.1, 0.15) is 23.1 Å². The fraction of sp³-hybridized carbons (Fsp3) is 0.192. The van der Waals surface area contributed by atoms with Gasteiger partial charge in [-0.25, -0.2) is 13.4 Å². The summed E-state index contributed by atoms with van der Waals surface area (Å²) in [6.45, 7) is 1.98. The lowest BCUT2D eigenvalue weighted by molar-refractivity contribution is -0.118. The van der Waals surface area contributed by atoms with Crippen molar-refractivity contribution in [3.05, 3.63) is 83.4 Å². The van der Waals surface area contributed by atoms with Crippen LogP contribution < -0.4 is 15.4 Å². The maximum atomic E-state index is 13.3. The van der Waals surface area contributed by atoms with Crippen LogP contribution in [0.25, 0.3) is 10.2 Å². The molecule has 0 fully saturated rings. The average Bonchev–Trinajstić information content (AvgIpc) is 3.25. The van der Waals surface area contributed by atoms with Gasteiger partial charge in [-0.15, -0.1) is 0 Å². The number of hydrogen-bond donors (Lipinski definition) is 3. The van der Waals surface area contributed by atoms with E-state index in [-0.39, 0.29) is 17.2 Å². The smallest absolute Gasteiger partial charge is 0.244 e. The van der Waals surface area contributed by atoms with Crippen molar-refractivity contribution in [2.45, 2.75) is 37.1 Å². The van der Waals surface area contributed by atoms with Crippen molar-refractivity contribution in [3.8, 4) is 0 Å². The molecule has 4 aromatic rings. The van der Waals surface area contributed by atoms with Crippen molar-refractivity contribution in [1.29, 1.82) is 0 Å². The van der Waals surface area contributed by atoms with Crippen LogP contribution in [0.4, 0.5) is 10.8 Å². The van der Waals surface area contributed by atoms with Gasteiger partial charge in [0.1, 0.15) is 6.04 Å². The molecule has 2 heterocycles. The van der Waals surface area contributed by atoms with Gasteiger partial charge in [-0.3, -0.25) is 9.59 Å². The molecule has 1 aromatic heterocycles. The molecule has 0 spiro atoms. The number of amides is 2. The van der Waals surface area contributed by atoms with Crippen LogP contribution in [0.3, 0.4) is 0 Å². The summed E-state index contributed by atoms with van der Waals surface area (Å²) in [4.78, 5) is 29.5. The molecule has 184 valence electrons. The number of thiazole rings is 1. The summed E-state index contributed by atoms with van der Waals surface area (Å²) in [5.41, 5.74) is 4.01. The second-order valence-corrected chi connectivity index (χ2v) is 11.5. The average molecular weight is 521 g/mol. The molecular formula is C26H24N4O4S2. The third kappa shape index (κ3) is 5.30. The number of carbonyl (C=O) groups excluding carboxylic acids is 2. The summed E-state index contributed by atoms with van der Waals surface area (Å²) in [6, 6.07) is 18.5. The van der Waals surface area contributed by atoms with Gasteiger partial charge in [-0.05, 0) is 66.8 Å². The Kier molecular flexibility index (Phi) is 6.57. The number of benzene rings is 3. The summed E-state index contributed by atoms with van der Waals surface area (Å²) in [5.74, 6) is -0.593. The van der Waals surface area contributed by atoms with E-state index in [1.54, 1.807) is 12.1 Å². The first-order chi connectivity index (χ1) is 17.3. The van der Waals surface area contributed by atoms with E-state index in [0.717, 1.165) is 26.9 Å². The number of hydrogen-bond acceptors (Lipinski definition) is 6. The third-order valence-corrected chi connectivity index (χ3v) is 8.36. The van der Waals surface area contributed by atoms with Crippen molar-refractivity contribution in [2.75, 3.05) is 10.6 Å². The molecule has 1 aliphatic heterocycles. The van der Waals surface area contributed by atoms with Gasteiger partial charge in [0.2, 0.25) is 21.8 Å². The minimum atomic E-state index is -4.03. The summed E-state index contributed by atoms with van der Waals surface area (Å²) in [7, 11) is -4.03. The number of sulfonamides is 1. The number of rotatable bonds is 7. The van der Waals surface area contributed by atoms with Gasteiger partial charge >= 0.3 is 0 Å². The fourth-order valence-electron chi connectivity index (χ4n) is 4.10. The summed E-state index contributed by atoms with van der Waals surface area (Å²) >= 11 is 1.34. The normalized spacial score (nSPS) is 14.2. The van der Waals surface area contributed by atoms with Crippen LogP contribution in [-0.2, 0) is 32.5 Å². The molecule has 0 saturated heterocycles. The van der Waals surface area contributed by atoms with Gasteiger partial charge in [0.15, 0.2) is 5.13 Å². The fourth-order valence-corrected chi connectivity index (χ4v) is 6.31. The van der Waals surface area contributed by atoms with E-state index in [9.17, 15) is 18.0 Å². The molecule has 1 atom stereocenters. The predicted molar refractivity (Wildman–Crippen MR) is 141 cm³/mol. The van der Waals surface area contributed by atoms with Gasteiger partial charge in [0.25, 0.3) is 0 Å². The Labute approximate surface area is 212 Å². The van der Waals surface area contributed by atoms with Crippen LogP contribution in [-0.4, -0.2) is 31.3 Å². The highest BCUT2D eigenvalue weighted by atomic mass is 32.2. The zero-order valence-electron chi connectivity index (χ0n) is 19.4. The maximum Gasteiger partial charge on any atom is 0.244 e. The lowest BCUT2D eigenvalue weighted by Crippen LogP contribution is -2.45. The maximum absolute atomic E-state index is 13.3. The Morgan fingerprint density at radius 1 is 1.08 bits per heavy atom. The number of anilines is 2. The van der Waals surface area contributed by atoms with Crippen LogP contribution in [0.5, 0.6) is 0 Å². The highest BCUT2D eigenvalue weighted by Crippen LogP contribution is 2.28. The number of aryl methyl sites for hydroxylation is 2. The zero-order valence-corrected chi connectivity index (χ0v) is 21.1. The Hall–Kier alpha value is -3.60. The highest BCUT2D eigenvalue weighted by molar-refractivity contribution is 7.89. The van der Waals surface area contributed by atoms with Gasteiger partial charge in [-0.2, -0.15) is 4.72 Å². The van der Waals surface area contributed by atoms with E-state index in [4.69, 9.17) is 0 Å². The summed E-state index contributed by atoms with van der Waals surface area (Å²) < 4.78 is 30.2. The van der Waals surface area contributed by atoms with Crippen LogP contribution in [0.2, 0.25) is 0 Å². The predicted octanol–water partition coefficient (Wildman–Crippen LogP) is 4.02. The summed E-state index contributed by atoms with van der Waals surface area (Å²) in [6.07, 6.45) is 0.914. The molecule has 5 rings (SSSR count). The van der Waals surface area contributed by atoms with E-state index < -0.39 is 22.0 Å². The quantitative estimate of drug-likeness (QED) is 0.340. The second-order valence-electron chi connectivity index (χ2n) is 8.71. The Morgan fingerprint density at radius 3 is 2.69 bits per heavy atom. The molecule has 1 aliphatic rings. The first-order valence-corrected chi connectivity index (χ1v) is 13.7. The molecule has 3 N–H and O–H groups in total. The Morgan fingerprint density at radius 2 is 1.89 bits per heavy atom. The van der Waals surface area contributed by atoms with E-state index in [1.165, 1.54) is 17.4 Å². The topological polar surface area (TPSA) is 117 Å². The van der Waals surface area contributed by atoms with Crippen molar-refractivity contribution in [2.24, 2.45) is 0 Å². The molecule has 3 aromatic carbocycles. The Balaban J connectivity index is 1.41. The van der Waals surface area contributed by atoms with E-state index in [0.29, 0.717) is 23.7 Å². The molecule has 0 aliphatic carbocycles. The van der Waals surface area contributed by atoms with E-state index in [2.05, 4.69) is 20.3 Å². The van der Waals surface area contributed by atoms with Crippen molar-refractivity contribution >= 4 is 54.2 Å². The molecule has 1 unspecified atom stereocenters. The van der Waals surface area contributed by atoms with E-state index >= 15 is 0 Å². The first-order valence-electron chi connectivity index (χ1n) is 11.4. The second kappa shape index (κ2) is 9.81. The molecule has 8 nitrogen and oxygen atoms in total. The first kappa shape index (κ1) is 24.1. The lowest BCUT2D eigenvalue weighted by atomic mass is 10.0. The molecule has 0 bridgehead atoms. The van der Waals surface area contributed by atoms with Gasteiger partial charge in [0.05, 0.1) is 15.1 Å². The lowest BCUT2D eigenvalue weighted by Gasteiger charge is -2.20. The molecule has 10 heteroatoms. The highest BCUT2D eigenvalue weighted by Gasteiger charge is 2.28. The van der Waals surface area contributed by atoms with Crippen molar-refractivity contribution in [1.82, 2.24) is 9.71 Å². The minimum absolute atomic E-state index is 0.0405.